The summed E-state index contributed by atoms with van der Waals surface area (Å²) in [5, 5.41) is 3.85. The van der Waals surface area contributed by atoms with Crippen LogP contribution in [0, 0.1) is 17.8 Å². The van der Waals surface area contributed by atoms with Gasteiger partial charge in [-0.05, 0) is 50.0 Å². The second-order valence-electron chi connectivity index (χ2n) is 6.14. The second kappa shape index (κ2) is 4.91. The van der Waals surface area contributed by atoms with E-state index < -0.39 is 0 Å². The summed E-state index contributed by atoms with van der Waals surface area (Å²) >= 11 is 0. The molecule has 90 valence electrons. The molecule has 2 bridgehead atoms. The van der Waals surface area contributed by atoms with Crippen LogP contribution < -0.4 is 5.32 Å². The molecule has 1 heteroatoms. The number of hydrogen-bond acceptors (Lipinski definition) is 1. The van der Waals surface area contributed by atoms with E-state index in [4.69, 9.17) is 0 Å². The first-order chi connectivity index (χ1) is 7.92. The fourth-order valence-corrected chi connectivity index (χ4v) is 3.93. The van der Waals surface area contributed by atoms with Crippen LogP contribution in [0.4, 0.5) is 0 Å². The van der Waals surface area contributed by atoms with Gasteiger partial charge in [-0.3, -0.25) is 0 Å². The molecule has 3 atom stereocenters. The Balaban J connectivity index is 1.44. The minimum Gasteiger partial charge on any atom is -0.314 e. The number of rotatable bonds is 3. The average molecular weight is 219 g/mol. The molecule has 0 aliphatic heterocycles. The average Bonchev–Trinajstić information content (AvgIpc) is 2.82. The van der Waals surface area contributed by atoms with Crippen molar-refractivity contribution in [2.45, 2.75) is 57.4 Å². The van der Waals surface area contributed by atoms with Crippen molar-refractivity contribution in [3.63, 3.8) is 0 Å². The molecule has 0 aromatic rings. The van der Waals surface area contributed by atoms with E-state index in [0.29, 0.717) is 0 Å². The molecule has 0 spiro atoms. The molecular formula is C15H25N. The maximum atomic E-state index is 3.85. The monoisotopic (exact) mass is 219 g/mol. The van der Waals surface area contributed by atoms with Crippen molar-refractivity contribution in [1.82, 2.24) is 5.32 Å². The standard InChI is InChI=1S/C15H25N/c1-2-4-6-15(5-3-1)16-11-14-10-12-7-8-13(14)9-12/h7-8,12-16H,1-6,9-11H2. The first kappa shape index (κ1) is 10.8. The van der Waals surface area contributed by atoms with Gasteiger partial charge in [0.25, 0.3) is 0 Å². The van der Waals surface area contributed by atoms with E-state index in [1.54, 1.807) is 0 Å². The Kier molecular flexibility index (Phi) is 3.32. The van der Waals surface area contributed by atoms with Crippen LogP contribution in [0.5, 0.6) is 0 Å². The van der Waals surface area contributed by atoms with Crippen molar-refractivity contribution in [3.8, 4) is 0 Å². The van der Waals surface area contributed by atoms with Gasteiger partial charge in [-0.15, -0.1) is 0 Å². The predicted octanol–water partition coefficient (Wildman–Crippen LogP) is 3.51. The largest absolute Gasteiger partial charge is 0.314 e. The molecule has 0 heterocycles. The summed E-state index contributed by atoms with van der Waals surface area (Å²) in [6, 6.07) is 0.839. The highest BCUT2D eigenvalue weighted by Gasteiger charge is 2.35. The first-order valence-corrected chi connectivity index (χ1v) is 7.33. The SMILES string of the molecule is C1=CC2CC1CC2CNC1CCCCCC1. The molecule has 3 aliphatic carbocycles. The lowest BCUT2D eigenvalue weighted by molar-refractivity contribution is 0.365. The highest BCUT2D eigenvalue weighted by atomic mass is 14.9. The van der Waals surface area contributed by atoms with E-state index >= 15 is 0 Å². The molecule has 3 rings (SSSR count). The van der Waals surface area contributed by atoms with E-state index in [9.17, 15) is 0 Å². The molecule has 3 aliphatic rings. The van der Waals surface area contributed by atoms with Gasteiger partial charge >= 0.3 is 0 Å². The van der Waals surface area contributed by atoms with Gasteiger partial charge in [0.2, 0.25) is 0 Å². The van der Waals surface area contributed by atoms with E-state index in [1.807, 2.05) is 0 Å². The van der Waals surface area contributed by atoms with Crippen LogP contribution in [0.15, 0.2) is 12.2 Å². The van der Waals surface area contributed by atoms with Gasteiger partial charge in [-0.25, -0.2) is 0 Å². The Morgan fingerprint density at radius 2 is 1.75 bits per heavy atom. The van der Waals surface area contributed by atoms with Crippen LogP contribution in [-0.2, 0) is 0 Å². The molecule has 0 aromatic carbocycles. The maximum Gasteiger partial charge on any atom is 0.00671 e. The van der Waals surface area contributed by atoms with Crippen LogP contribution in [0.2, 0.25) is 0 Å². The Morgan fingerprint density at radius 3 is 2.38 bits per heavy atom. The molecule has 16 heavy (non-hydrogen) atoms. The van der Waals surface area contributed by atoms with Gasteiger partial charge in [0.1, 0.15) is 0 Å². The van der Waals surface area contributed by atoms with Crippen LogP contribution in [-0.4, -0.2) is 12.6 Å². The highest BCUT2D eigenvalue weighted by molar-refractivity contribution is 5.10. The molecule has 2 fully saturated rings. The quantitative estimate of drug-likeness (QED) is 0.566. The normalized spacial score (nSPS) is 39.1. The molecular weight excluding hydrogens is 194 g/mol. The third-order valence-corrected chi connectivity index (χ3v) is 4.94. The van der Waals surface area contributed by atoms with Gasteiger partial charge in [-0.2, -0.15) is 0 Å². The lowest BCUT2D eigenvalue weighted by Gasteiger charge is -2.23. The van der Waals surface area contributed by atoms with Crippen molar-refractivity contribution < 1.29 is 0 Å². The first-order valence-electron chi connectivity index (χ1n) is 7.33. The smallest absolute Gasteiger partial charge is 0.00671 e. The lowest BCUT2D eigenvalue weighted by atomic mass is 9.93. The van der Waals surface area contributed by atoms with Gasteiger partial charge in [0.15, 0.2) is 0 Å². The summed E-state index contributed by atoms with van der Waals surface area (Å²) < 4.78 is 0. The number of hydrogen-bond donors (Lipinski definition) is 1. The van der Waals surface area contributed by atoms with Crippen LogP contribution in [0.3, 0.4) is 0 Å². The highest BCUT2D eigenvalue weighted by Crippen LogP contribution is 2.43. The summed E-state index contributed by atoms with van der Waals surface area (Å²) in [7, 11) is 0. The number of allylic oxidation sites excluding steroid dienone is 2. The molecule has 0 aromatic heterocycles. The molecule has 0 saturated heterocycles. The van der Waals surface area contributed by atoms with E-state index in [0.717, 1.165) is 23.8 Å². The molecule has 0 amide bonds. The van der Waals surface area contributed by atoms with E-state index in [2.05, 4.69) is 17.5 Å². The summed E-state index contributed by atoms with van der Waals surface area (Å²) in [5.41, 5.74) is 0. The summed E-state index contributed by atoms with van der Waals surface area (Å²) in [6.45, 7) is 1.29. The Hall–Kier alpha value is -0.300. The van der Waals surface area contributed by atoms with Crippen molar-refractivity contribution in [2.75, 3.05) is 6.54 Å². The molecule has 2 saturated carbocycles. The predicted molar refractivity (Wildman–Crippen MR) is 68.3 cm³/mol. The molecule has 1 N–H and O–H groups in total. The van der Waals surface area contributed by atoms with Crippen LogP contribution >= 0.6 is 0 Å². The minimum absolute atomic E-state index is 0.839. The lowest BCUT2D eigenvalue weighted by Crippen LogP contribution is -2.34. The minimum atomic E-state index is 0.839. The molecule has 3 unspecified atom stereocenters. The van der Waals surface area contributed by atoms with Crippen LogP contribution in [0.1, 0.15) is 51.4 Å². The van der Waals surface area contributed by atoms with Gasteiger partial charge in [0.05, 0.1) is 0 Å². The summed E-state index contributed by atoms with van der Waals surface area (Å²) in [6.07, 6.45) is 16.5. The number of fused-ring (bicyclic) bond motifs is 2. The second-order valence-corrected chi connectivity index (χ2v) is 6.14. The van der Waals surface area contributed by atoms with Crippen molar-refractivity contribution in [1.29, 1.82) is 0 Å². The van der Waals surface area contributed by atoms with Crippen molar-refractivity contribution in [3.05, 3.63) is 12.2 Å². The van der Waals surface area contributed by atoms with Crippen molar-refractivity contribution in [2.24, 2.45) is 17.8 Å². The third-order valence-electron chi connectivity index (χ3n) is 4.94. The summed E-state index contributed by atoms with van der Waals surface area (Å²) in [5.74, 6) is 2.81. The van der Waals surface area contributed by atoms with Crippen molar-refractivity contribution >= 4 is 0 Å². The van der Waals surface area contributed by atoms with E-state index in [-0.39, 0.29) is 0 Å². The van der Waals surface area contributed by atoms with Gasteiger partial charge in [0, 0.05) is 6.04 Å². The third kappa shape index (κ3) is 2.34. The van der Waals surface area contributed by atoms with E-state index in [1.165, 1.54) is 57.9 Å². The Morgan fingerprint density at radius 1 is 0.938 bits per heavy atom. The zero-order chi connectivity index (χ0) is 10.8. The Labute approximate surface area is 99.7 Å². The van der Waals surface area contributed by atoms with Gasteiger partial charge < -0.3 is 5.32 Å². The summed E-state index contributed by atoms with van der Waals surface area (Å²) in [4.78, 5) is 0. The fourth-order valence-electron chi connectivity index (χ4n) is 3.93. The van der Waals surface area contributed by atoms with Crippen LogP contribution in [0.25, 0.3) is 0 Å². The van der Waals surface area contributed by atoms with Gasteiger partial charge in [-0.1, -0.05) is 37.8 Å². The molecule has 1 nitrogen and oxygen atoms in total. The topological polar surface area (TPSA) is 12.0 Å². The number of nitrogens with one attached hydrogen (secondary N) is 1. The Bertz CT molecular complexity index is 250. The zero-order valence-corrected chi connectivity index (χ0v) is 10.3. The zero-order valence-electron chi connectivity index (χ0n) is 10.3. The molecule has 0 radical (unpaired) electrons. The fraction of sp³-hybridized carbons (Fsp3) is 0.867. The maximum absolute atomic E-state index is 3.85.